The molecule has 0 amide bonds. The Bertz CT molecular complexity index is 1450. The third kappa shape index (κ3) is 4.77. The molecule has 0 radical (unpaired) electrons. The van der Waals surface area contributed by atoms with Gasteiger partial charge >= 0.3 is 13.1 Å². The molecule has 1 aliphatic carbocycles. The van der Waals surface area contributed by atoms with Crippen LogP contribution in [-0.2, 0) is 11.3 Å². The topological polar surface area (TPSA) is 104 Å². The number of benzene rings is 2. The summed E-state index contributed by atoms with van der Waals surface area (Å²) in [4.78, 5) is 28.6. The third-order valence-electron chi connectivity index (χ3n) is 7.65. The summed E-state index contributed by atoms with van der Waals surface area (Å²) in [5, 5.41) is 19.4. The Morgan fingerprint density at radius 1 is 1.16 bits per heavy atom. The molecule has 38 heavy (non-hydrogen) atoms. The fraction of sp³-hybridized carbons (Fsp3) is 0.407. The van der Waals surface area contributed by atoms with E-state index in [0.29, 0.717) is 43.3 Å². The van der Waals surface area contributed by atoms with Crippen molar-refractivity contribution < 1.29 is 28.7 Å². The molecule has 2 fully saturated rings. The molecule has 1 aromatic heterocycles. The lowest BCUT2D eigenvalue weighted by molar-refractivity contribution is 0.0694. The number of ether oxygens (including phenoxy) is 1. The fourth-order valence-corrected chi connectivity index (χ4v) is 5.38. The maximum absolute atomic E-state index is 15.2. The highest BCUT2D eigenvalue weighted by molar-refractivity contribution is 6.61. The van der Waals surface area contributed by atoms with Crippen LogP contribution in [0.5, 0.6) is 5.75 Å². The number of pyridine rings is 1. The van der Waals surface area contributed by atoms with Crippen LogP contribution in [0.15, 0.2) is 41.3 Å². The highest BCUT2D eigenvalue weighted by Crippen LogP contribution is 2.38. The highest BCUT2D eigenvalue weighted by Gasteiger charge is 2.29. The summed E-state index contributed by atoms with van der Waals surface area (Å²) in [5.41, 5.74) is 1.80. The summed E-state index contributed by atoms with van der Waals surface area (Å²) in [6.07, 6.45) is 4.06. The van der Waals surface area contributed by atoms with Crippen LogP contribution in [-0.4, -0.2) is 72.0 Å². The summed E-state index contributed by atoms with van der Waals surface area (Å²) in [6, 6.07) is 8.69. The van der Waals surface area contributed by atoms with Crippen LogP contribution >= 0.6 is 0 Å². The lowest BCUT2D eigenvalue weighted by atomic mass is 9.79. The van der Waals surface area contributed by atoms with Gasteiger partial charge < -0.3 is 29.0 Å². The quantitative estimate of drug-likeness (QED) is 0.343. The average Bonchev–Trinajstić information content (AvgIpc) is 3.70. The first-order valence-corrected chi connectivity index (χ1v) is 13.0. The van der Waals surface area contributed by atoms with Crippen molar-refractivity contribution in [3.63, 3.8) is 0 Å². The number of halogens is 1. The minimum Gasteiger partial charge on any atom is -0.494 e. The van der Waals surface area contributed by atoms with Crippen LogP contribution < -0.4 is 20.5 Å². The molecule has 0 atom stereocenters. The van der Waals surface area contributed by atoms with Gasteiger partial charge in [-0.3, -0.25) is 9.69 Å². The minimum absolute atomic E-state index is 0.113. The summed E-state index contributed by atoms with van der Waals surface area (Å²) in [6.45, 7) is 4.65. The van der Waals surface area contributed by atoms with Gasteiger partial charge in [0.1, 0.15) is 17.1 Å². The smallest absolute Gasteiger partial charge is 0.491 e. The number of aromatic nitrogens is 1. The number of piperazine rings is 1. The zero-order chi connectivity index (χ0) is 26.4. The van der Waals surface area contributed by atoms with E-state index in [0.717, 1.165) is 49.9 Å². The second-order valence-corrected chi connectivity index (χ2v) is 10.2. The molecular formula is C27H29BFN3O6. The molecule has 3 aliphatic rings. The Labute approximate surface area is 219 Å². The number of anilines is 1. The van der Waals surface area contributed by atoms with Gasteiger partial charge in [0.05, 0.1) is 24.4 Å². The average molecular weight is 521 g/mol. The van der Waals surface area contributed by atoms with E-state index in [9.17, 15) is 19.7 Å². The van der Waals surface area contributed by atoms with Crippen LogP contribution in [0.2, 0.25) is 0 Å². The van der Waals surface area contributed by atoms with E-state index < -0.39 is 24.3 Å². The zero-order valence-electron chi connectivity index (χ0n) is 20.9. The predicted molar refractivity (Wildman–Crippen MR) is 141 cm³/mol. The Balaban J connectivity index is 1.08. The van der Waals surface area contributed by atoms with Crippen molar-refractivity contribution in [3.8, 4) is 5.75 Å². The van der Waals surface area contributed by atoms with Crippen LogP contribution in [0.3, 0.4) is 0 Å². The first kappa shape index (κ1) is 24.9. The highest BCUT2D eigenvalue weighted by atomic mass is 19.1. The number of aromatic carboxylic acids is 1. The molecule has 0 unspecified atom stereocenters. The van der Waals surface area contributed by atoms with E-state index in [1.165, 1.54) is 12.3 Å². The minimum atomic E-state index is -1.29. The monoisotopic (exact) mass is 521 g/mol. The van der Waals surface area contributed by atoms with Gasteiger partial charge in [-0.2, -0.15) is 0 Å². The number of nitrogens with zero attached hydrogens (tertiary/aromatic N) is 3. The van der Waals surface area contributed by atoms with Crippen molar-refractivity contribution in [1.29, 1.82) is 0 Å². The molecule has 3 aromatic rings. The summed E-state index contributed by atoms with van der Waals surface area (Å²) < 4.78 is 28.1. The normalized spacial score (nSPS) is 17.7. The number of carboxylic acids is 1. The standard InChI is InChI=1S/C27H29BFN3O6/c29-23-13-20-24(32(18-3-4-18)15-21(26(20)33)27(34)35)14-25(23)31-9-7-30(8-10-31)6-1-11-37-19-5-2-17-16-38-28(36)22(17)12-19/h2,5,12-15,18,36H,1,3-4,6-11,16H2,(H,34,35). The van der Waals surface area contributed by atoms with Gasteiger partial charge in [0.25, 0.3) is 0 Å². The molecule has 6 rings (SSSR count). The number of hydrogen-bond acceptors (Lipinski definition) is 7. The molecule has 1 saturated heterocycles. The zero-order valence-corrected chi connectivity index (χ0v) is 20.9. The first-order chi connectivity index (χ1) is 18.4. The van der Waals surface area contributed by atoms with Crippen molar-refractivity contribution >= 4 is 35.1 Å². The molecule has 2 aromatic carbocycles. The predicted octanol–water partition coefficient (Wildman–Crippen LogP) is 1.98. The van der Waals surface area contributed by atoms with Gasteiger partial charge in [-0.25, -0.2) is 9.18 Å². The molecule has 0 spiro atoms. The van der Waals surface area contributed by atoms with Gasteiger partial charge in [0.15, 0.2) is 0 Å². The first-order valence-electron chi connectivity index (χ1n) is 13.0. The maximum Gasteiger partial charge on any atom is 0.491 e. The second kappa shape index (κ2) is 10.0. The van der Waals surface area contributed by atoms with Gasteiger partial charge in [-0.1, -0.05) is 6.07 Å². The number of carbonyl (C=O) groups is 1. The molecule has 9 nitrogen and oxygen atoms in total. The van der Waals surface area contributed by atoms with E-state index in [1.807, 2.05) is 27.7 Å². The Hall–Kier alpha value is -3.41. The Kier molecular flexibility index (Phi) is 6.59. The van der Waals surface area contributed by atoms with Crippen molar-refractivity contribution in [1.82, 2.24) is 9.47 Å². The molecule has 3 heterocycles. The number of rotatable bonds is 8. The van der Waals surface area contributed by atoms with Gasteiger partial charge in [-0.05, 0) is 54.6 Å². The largest absolute Gasteiger partial charge is 0.494 e. The lowest BCUT2D eigenvalue weighted by Crippen LogP contribution is -2.47. The van der Waals surface area contributed by atoms with Crippen molar-refractivity contribution in [2.45, 2.75) is 31.9 Å². The summed E-state index contributed by atoms with van der Waals surface area (Å²) in [7, 11) is -0.888. The third-order valence-corrected chi connectivity index (χ3v) is 7.65. The maximum atomic E-state index is 15.2. The van der Waals surface area contributed by atoms with Crippen LogP contribution in [0, 0.1) is 5.82 Å². The number of carboxylic acid groups (broad SMARTS) is 1. The van der Waals surface area contributed by atoms with Crippen molar-refractivity contribution in [2.75, 3.05) is 44.2 Å². The van der Waals surface area contributed by atoms with E-state index in [1.54, 1.807) is 6.07 Å². The number of fused-ring (bicyclic) bond motifs is 2. The molecule has 2 aliphatic heterocycles. The van der Waals surface area contributed by atoms with E-state index in [4.69, 9.17) is 9.39 Å². The SMILES string of the molecule is O=C(O)c1cn(C2CC2)c2cc(N3CCN(CCCOc4ccc5c(c4)B(O)OC5)CC3)c(F)cc2c1=O. The molecular weight excluding hydrogens is 492 g/mol. The van der Waals surface area contributed by atoms with Gasteiger partial charge in [0, 0.05) is 50.3 Å². The van der Waals surface area contributed by atoms with Crippen LogP contribution in [0.4, 0.5) is 10.1 Å². The van der Waals surface area contributed by atoms with E-state index >= 15 is 4.39 Å². The molecule has 1 saturated carbocycles. The molecule has 198 valence electrons. The van der Waals surface area contributed by atoms with Crippen molar-refractivity contribution in [2.24, 2.45) is 0 Å². The van der Waals surface area contributed by atoms with Gasteiger partial charge in [-0.15, -0.1) is 0 Å². The summed E-state index contributed by atoms with van der Waals surface area (Å²) >= 11 is 0. The Morgan fingerprint density at radius 2 is 1.95 bits per heavy atom. The van der Waals surface area contributed by atoms with Crippen molar-refractivity contribution in [3.05, 3.63) is 63.7 Å². The second-order valence-electron chi connectivity index (χ2n) is 10.2. The molecule has 11 heteroatoms. The molecule has 2 N–H and O–H groups in total. The van der Waals surface area contributed by atoms with Crippen LogP contribution in [0.25, 0.3) is 10.9 Å². The van der Waals surface area contributed by atoms with E-state index in [-0.39, 0.29) is 17.0 Å². The fourth-order valence-electron chi connectivity index (χ4n) is 5.38. The molecule has 0 bridgehead atoms. The van der Waals surface area contributed by atoms with Gasteiger partial charge in [0.2, 0.25) is 5.43 Å². The lowest BCUT2D eigenvalue weighted by Gasteiger charge is -2.36. The Morgan fingerprint density at radius 3 is 2.68 bits per heavy atom. The summed E-state index contributed by atoms with van der Waals surface area (Å²) in [5.74, 6) is -1.09. The van der Waals surface area contributed by atoms with E-state index in [2.05, 4.69) is 4.90 Å². The number of hydrogen-bond donors (Lipinski definition) is 2. The van der Waals surface area contributed by atoms with Crippen LogP contribution in [0.1, 0.15) is 41.2 Å².